The number of hydrogen-bond donors (Lipinski definition) is 2. The molecule has 0 saturated heterocycles. The van der Waals surface area contributed by atoms with Crippen LogP contribution in [-0.4, -0.2) is 32.7 Å². The number of carbonyl (C=O) groups is 1. The highest BCUT2D eigenvalue weighted by atomic mass is 35.5. The Labute approximate surface area is 213 Å². The van der Waals surface area contributed by atoms with Gasteiger partial charge in [0.2, 0.25) is 5.91 Å². The third kappa shape index (κ3) is 7.04. The van der Waals surface area contributed by atoms with Crippen molar-refractivity contribution in [1.29, 1.82) is 0 Å². The summed E-state index contributed by atoms with van der Waals surface area (Å²) in [6, 6.07) is 9.48. The second-order valence-corrected chi connectivity index (χ2v) is 8.55. The molecule has 0 aliphatic carbocycles. The standard InChI is InChI=1S/C24H23ClF5N5O2/c1-2-23(26,27)10-11-34-21(15-6-8-18(25)9-7-15)33-35(22(34)37)14-20(36)32-19(13-31)16-4-3-5-17(12-16)24(28,29)30/h2-9,12,19H,1,10-11,13-14,31H2,(H,32,36). The fourth-order valence-electron chi connectivity index (χ4n) is 3.51. The number of amides is 1. The molecule has 1 heterocycles. The van der Waals surface area contributed by atoms with Crippen LogP contribution < -0.4 is 16.7 Å². The lowest BCUT2D eigenvalue weighted by molar-refractivity contribution is -0.137. The molecular weight excluding hydrogens is 521 g/mol. The number of hydrogen-bond acceptors (Lipinski definition) is 4. The molecule has 0 radical (unpaired) electrons. The van der Waals surface area contributed by atoms with Crippen LogP contribution >= 0.6 is 11.6 Å². The van der Waals surface area contributed by atoms with Crippen molar-refractivity contribution in [3.63, 3.8) is 0 Å². The summed E-state index contributed by atoms with van der Waals surface area (Å²) in [5, 5.41) is 7.03. The third-order valence-electron chi connectivity index (χ3n) is 5.47. The van der Waals surface area contributed by atoms with Crippen LogP contribution in [0.3, 0.4) is 0 Å². The number of nitrogens with one attached hydrogen (secondary N) is 1. The van der Waals surface area contributed by atoms with E-state index >= 15 is 0 Å². The van der Waals surface area contributed by atoms with E-state index in [9.17, 15) is 31.5 Å². The van der Waals surface area contributed by atoms with Crippen LogP contribution in [-0.2, 0) is 24.1 Å². The lowest BCUT2D eigenvalue weighted by Gasteiger charge is -2.18. The van der Waals surface area contributed by atoms with Crippen LogP contribution in [0.15, 0.2) is 66.0 Å². The lowest BCUT2D eigenvalue weighted by atomic mass is 10.0. The van der Waals surface area contributed by atoms with Crippen LogP contribution in [0.5, 0.6) is 0 Å². The number of allylic oxidation sites excluding steroid dienone is 1. The van der Waals surface area contributed by atoms with Gasteiger partial charge < -0.3 is 11.1 Å². The van der Waals surface area contributed by atoms with E-state index in [-0.39, 0.29) is 17.9 Å². The molecule has 0 aliphatic heterocycles. The van der Waals surface area contributed by atoms with Crippen LogP contribution in [0.25, 0.3) is 11.4 Å². The van der Waals surface area contributed by atoms with Gasteiger partial charge in [0, 0.05) is 30.1 Å². The Balaban J connectivity index is 1.87. The molecule has 3 rings (SSSR count). The first-order chi connectivity index (χ1) is 17.3. The number of aromatic nitrogens is 3. The Bertz CT molecular complexity index is 1320. The molecule has 3 N–H and O–H groups in total. The maximum Gasteiger partial charge on any atom is 0.416 e. The van der Waals surface area contributed by atoms with Gasteiger partial charge in [0.25, 0.3) is 5.92 Å². The molecule has 13 heteroatoms. The van der Waals surface area contributed by atoms with Gasteiger partial charge in [-0.15, -0.1) is 5.10 Å². The predicted molar refractivity (Wildman–Crippen MR) is 128 cm³/mol. The summed E-state index contributed by atoms with van der Waals surface area (Å²) in [5.41, 5.74) is 4.45. The SMILES string of the molecule is C=CC(F)(F)CCn1c(-c2ccc(Cl)cc2)nn(CC(=O)NC(CN)c2cccc(C(F)(F)F)c2)c1=O. The lowest BCUT2D eigenvalue weighted by Crippen LogP contribution is -2.38. The molecule has 3 aromatic rings. The molecule has 0 bridgehead atoms. The molecule has 7 nitrogen and oxygen atoms in total. The fourth-order valence-corrected chi connectivity index (χ4v) is 3.63. The minimum absolute atomic E-state index is 0.0302. The molecular formula is C24H23ClF5N5O2. The Morgan fingerprint density at radius 1 is 1.16 bits per heavy atom. The number of carbonyl (C=O) groups excluding carboxylic acids is 1. The number of nitrogens with two attached hydrogens (primary N) is 1. The number of rotatable bonds is 10. The molecule has 0 saturated carbocycles. The van der Waals surface area contributed by atoms with Gasteiger partial charge in [0.15, 0.2) is 5.82 Å². The first-order valence-corrected chi connectivity index (χ1v) is 11.3. The highest BCUT2D eigenvalue weighted by molar-refractivity contribution is 6.30. The van der Waals surface area contributed by atoms with Crippen LogP contribution in [0.4, 0.5) is 22.0 Å². The van der Waals surface area contributed by atoms with Crippen LogP contribution in [0.1, 0.15) is 23.6 Å². The Hall–Kier alpha value is -3.51. The van der Waals surface area contributed by atoms with E-state index in [1.165, 1.54) is 36.4 Å². The Kier molecular flexibility index (Phi) is 8.54. The molecule has 1 amide bonds. The van der Waals surface area contributed by atoms with E-state index < -0.39 is 54.8 Å². The normalized spacial score (nSPS) is 12.8. The van der Waals surface area contributed by atoms with Gasteiger partial charge in [0.05, 0.1) is 11.6 Å². The van der Waals surface area contributed by atoms with Gasteiger partial charge in [0.1, 0.15) is 6.54 Å². The highest BCUT2D eigenvalue weighted by Gasteiger charge is 2.31. The number of benzene rings is 2. The number of alkyl halides is 5. The minimum Gasteiger partial charge on any atom is -0.346 e. The average Bonchev–Trinajstić information content (AvgIpc) is 3.16. The van der Waals surface area contributed by atoms with Gasteiger partial charge in [-0.2, -0.15) is 13.2 Å². The van der Waals surface area contributed by atoms with Gasteiger partial charge >= 0.3 is 11.9 Å². The van der Waals surface area contributed by atoms with Gasteiger partial charge in [-0.05, 0) is 48.0 Å². The van der Waals surface area contributed by atoms with Crippen molar-refractivity contribution in [2.75, 3.05) is 6.54 Å². The smallest absolute Gasteiger partial charge is 0.346 e. The van der Waals surface area contributed by atoms with Gasteiger partial charge in [-0.1, -0.05) is 30.3 Å². The average molecular weight is 544 g/mol. The second-order valence-electron chi connectivity index (χ2n) is 8.12. The molecule has 1 aromatic heterocycles. The summed E-state index contributed by atoms with van der Waals surface area (Å²) in [6.45, 7) is 1.81. The molecule has 1 atom stereocenters. The fraction of sp³-hybridized carbons (Fsp3) is 0.292. The van der Waals surface area contributed by atoms with Crippen LogP contribution in [0.2, 0.25) is 5.02 Å². The molecule has 198 valence electrons. The van der Waals surface area contributed by atoms with E-state index in [1.807, 2.05) is 0 Å². The predicted octanol–water partition coefficient (Wildman–Crippen LogP) is 4.41. The second kappa shape index (κ2) is 11.3. The van der Waals surface area contributed by atoms with E-state index in [0.717, 1.165) is 21.4 Å². The van der Waals surface area contributed by atoms with Crippen LogP contribution in [0, 0.1) is 0 Å². The first kappa shape index (κ1) is 28.1. The zero-order valence-electron chi connectivity index (χ0n) is 19.3. The van der Waals surface area contributed by atoms with E-state index in [1.54, 1.807) is 0 Å². The van der Waals surface area contributed by atoms with Crippen molar-refractivity contribution in [3.05, 3.63) is 87.8 Å². The Morgan fingerprint density at radius 3 is 2.43 bits per heavy atom. The maximum atomic E-state index is 13.8. The summed E-state index contributed by atoms with van der Waals surface area (Å²) < 4.78 is 68.6. The summed E-state index contributed by atoms with van der Waals surface area (Å²) in [7, 11) is 0. The molecule has 1 unspecified atom stereocenters. The maximum absolute atomic E-state index is 13.8. The van der Waals surface area contributed by atoms with Crippen molar-refractivity contribution in [3.8, 4) is 11.4 Å². The van der Waals surface area contributed by atoms with E-state index in [4.69, 9.17) is 17.3 Å². The van der Waals surface area contributed by atoms with E-state index in [0.29, 0.717) is 16.7 Å². The van der Waals surface area contributed by atoms with Gasteiger partial charge in [-0.25, -0.2) is 18.3 Å². The summed E-state index contributed by atoms with van der Waals surface area (Å²) in [4.78, 5) is 25.7. The topological polar surface area (TPSA) is 94.9 Å². The quantitative estimate of drug-likeness (QED) is 0.292. The van der Waals surface area contributed by atoms with Crippen molar-refractivity contribution < 1.29 is 26.7 Å². The zero-order chi connectivity index (χ0) is 27.4. The summed E-state index contributed by atoms with van der Waals surface area (Å²) >= 11 is 5.90. The molecule has 0 fully saturated rings. The number of nitrogens with zero attached hydrogens (tertiary/aromatic N) is 3. The molecule has 0 spiro atoms. The molecule has 37 heavy (non-hydrogen) atoms. The molecule has 2 aromatic carbocycles. The summed E-state index contributed by atoms with van der Waals surface area (Å²) in [5.74, 6) is -3.98. The number of halogens is 6. The third-order valence-corrected chi connectivity index (χ3v) is 5.73. The highest BCUT2D eigenvalue weighted by Crippen LogP contribution is 2.30. The van der Waals surface area contributed by atoms with E-state index in [2.05, 4.69) is 17.0 Å². The largest absolute Gasteiger partial charge is 0.416 e. The molecule has 0 aliphatic rings. The monoisotopic (exact) mass is 543 g/mol. The summed E-state index contributed by atoms with van der Waals surface area (Å²) in [6.07, 6.45) is -4.85. The van der Waals surface area contributed by atoms with Crippen molar-refractivity contribution >= 4 is 17.5 Å². The Morgan fingerprint density at radius 2 is 1.84 bits per heavy atom. The minimum atomic E-state index is -4.58. The van der Waals surface area contributed by atoms with Gasteiger partial charge in [-0.3, -0.25) is 9.36 Å². The zero-order valence-corrected chi connectivity index (χ0v) is 20.1. The van der Waals surface area contributed by atoms with Crippen molar-refractivity contribution in [2.24, 2.45) is 5.73 Å². The first-order valence-electron chi connectivity index (χ1n) is 11.0. The van der Waals surface area contributed by atoms with Crippen molar-refractivity contribution in [2.45, 2.75) is 37.7 Å². The van der Waals surface area contributed by atoms with Crippen molar-refractivity contribution in [1.82, 2.24) is 19.7 Å².